The molecule has 0 radical (unpaired) electrons. The molecular formula is C23H31N2O4+. The van der Waals surface area contributed by atoms with Gasteiger partial charge in [-0.15, -0.1) is 0 Å². The Hall–Kier alpha value is -2.57. The van der Waals surface area contributed by atoms with E-state index < -0.39 is 6.10 Å². The summed E-state index contributed by atoms with van der Waals surface area (Å²) >= 11 is 0. The van der Waals surface area contributed by atoms with Crippen LogP contribution in [0, 0.1) is 0 Å². The Balaban J connectivity index is 1.41. The Morgan fingerprint density at radius 2 is 1.59 bits per heavy atom. The van der Waals surface area contributed by atoms with Crippen LogP contribution >= 0.6 is 0 Å². The summed E-state index contributed by atoms with van der Waals surface area (Å²) in [6, 6.07) is 16.6. The summed E-state index contributed by atoms with van der Waals surface area (Å²) in [4.78, 5) is 4.19. The molecule has 2 aromatic carbocycles. The second-order valence-corrected chi connectivity index (χ2v) is 7.88. The van der Waals surface area contributed by atoms with Crippen LogP contribution in [0.25, 0.3) is 0 Å². The van der Waals surface area contributed by atoms with Crippen LogP contribution in [0.15, 0.2) is 59.6 Å². The third-order valence-electron chi connectivity index (χ3n) is 5.25. The number of hydrogen-bond donors (Lipinski definition) is 0. The maximum atomic E-state index is 12.2. The van der Waals surface area contributed by atoms with Crippen molar-refractivity contribution in [3.05, 3.63) is 54.6 Å². The average Bonchev–Trinajstić information content (AvgIpc) is 3.18. The normalized spacial score (nSPS) is 17.1. The first-order chi connectivity index (χ1) is 14.0. The van der Waals surface area contributed by atoms with Gasteiger partial charge in [0.25, 0.3) is 0 Å². The molecule has 156 valence electrons. The number of para-hydroxylation sites is 1. The maximum Gasteiger partial charge on any atom is 0.222 e. The smallest absolute Gasteiger partial charge is 0.222 e. The fourth-order valence-electron chi connectivity index (χ4n) is 3.46. The fraction of sp³-hybridized carbons (Fsp3) is 0.435. The van der Waals surface area contributed by atoms with Crippen molar-refractivity contribution in [3.8, 4) is 11.5 Å². The average molecular weight is 400 g/mol. The molecule has 2 N–H and O–H groups in total. The van der Waals surface area contributed by atoms with Gasteiger partial charge in [0.15, 0.2) is 13.2 Å². The lowest BCUT2D eigenvalue weighted by Crippen LogP contribution is -2.43. The van der Waals surface area contributed by atoms with Crippen molar-refractivity contribution >= 4 is 11.6 Å². The first-order valence-electron chi connectivity index (χ1n) is 10.2. The highest BCUT2D eigenvalue weighted by molar-refractivity contribution is 5.75. The summed E-state index contributed by atoms with van der Waals surface area (Å²) in [7, 11) is 2.22. The highest BCUT2D eigenvalue weighted by Gasteiger charge is 2.25. The van der Waals surface area contributed by atoms with Crippen molar-refractivity contribution in [2.45, 2.75) is 25.4 Å². The summed E-state index contributed by atoms with van der Waals surface area (Å²) in [5.74, 6) is 1.33. The second-order valence-electron chi connectivity index (χ2n) is 7.88. The van der Waals surface area contributed by atoms with Crippen LogP contribution in [-0.2, 0) is 0 Å². The van der Waals surface area contributed by atoms with Gasteiger partial charge in [-0.25, -0.2) is 0 Å². The first kappa shape index (κ1) is 21.1. The van der Waals surface area contributed by atoms with Crippen molar-refractivity contribution in [3.63, 3.8) is 0 Å². The van der Waals surface area contributed by atoms with Gasteiger partial charge in [0.1, 0.15) is 11.5 Å². The summed E-state index contributed by atoms with van der Waals surface area (Å²) in [5.41, 5.74) is 0.640. The van der Waals surface area contributed by atoms with Crippen molar-refractivity contribution < 1.29 is 24.2 Å². The van der Waals surface area contributed by atoms with Crippen LogP contribution in [0.4, 0.5) is 5.69 Å². The largest absolute Gasteiger partial charge is 0.862 e. The van der Waals surface area contributed by atoms with E-state index in [2.05, 4.69) is 12.0 Å². The van der Waals surface area contributed by atoms with Gasteiger partial charge < -0.3 is 24.2 Å². The van der Waals surface area contributed by atoms with Gasteiger partial charge in [-0.05, 0) is 42.3 Å². The molecule has 0 amide bonds. The zero-order valence-electron chi connectivity index (χ0n) is 17.0. The Kier molecular flexibility index (Phi) is 7.49. The molecule has 3 rings (SSSR count). The second kappa shape index (κ2) is 10.3. The molecule has 0 aliphatic carbocycles. The van der Waals surface area contributed by atoms with E-state index >= 15 is 0 Å². The predicted molar refractivity (Wildman–Crippen MR) is 113 cm³/mol. The molecule has 1 atom stereocenters. The van der Waals surface area contributed by atoms with Crippen LogP contribution in [0.3, 0.4) is 0 Å². The van der Waals surface area contributed by atoms with Crippen LogP contribution in [-0.4, -0.2) is 61.5 Å². The van der Waals surface area contributed by atoms with Gasteiger partial charge in [-0.1, -0.05) is 18.2 Å². The van der Waals surface area contributed by atoms with Crippen LogP contribution in [0.2, 0.25) is 0 Å². The maximum absolute atomic E-state index is 12.2. The fourth-order valence-corrected chi connectivity index (χ4v) is 3.46. The summed E-state index contributed by atoms with van der Waals surface area (Å²) in [5, 5.41) is 20.2. The quantitative estimate of drug-likeness (QED) is 0.266. The van der Waals surface area contributed by atoms with Gasteiger partial charge in [0.2, 0.25) is 6.10 Å². The molecule has 1 aliphatic rings. The molecule has 6 heteroatoms. The van der Waals surface area contributed by atoms with E-state index in [0.29, 0.717) is 17.9 Å². The summed E-state index contributed by atoms with van der Waals surface area (Å²) in [6.07, 6.45) is 2.49. The van der Waals surface area contributed by atoms with E-state index in [4.69, 9.17) is 14.6 Å². The predicted octanol–water partition coefficient (Wildman–Crippen LogP) is 2.26. The molecule has 2 aromatic rings. The molecule has 1 fully saturated rings. The molecule has 0 bridgehead atoms. The number of benzene rings is 2. The Morgan fingerprint density at radius 1 is 1.00 bits per heavy atom. The van der Waals surface area contributed by atoms with Crippen molar-refractivity contribution in [1.29, 1.82) is 0 Å². The van der Waals surface area contributed by atoms with E-state index in [9.17, 15) is 5.11 Å². The first-order valence-corrected chi connectivity index (χ1v) is 10.2. The van der Waals surface area contributed by atoms with Crippen LogP contribution < -0.4 is 14.6 Å². The highest BCUT2D eigenvalue weighted by atomic mass is 16.5. The Bertz CT molecular complexity index is 771. The van der Waals surface area contributed by atoms with Gasteiger partial charge in [-0.3, -0.25) is 4.99 Å². The van der Waals surface area contributed by atoms with E-state index in [-0.39, 0.29) is 19.1 Å². The van der Waals surface area contributed by atoms with E-state index in [1.165, 1.54) is 12.8 Å². The lowest BCUT2D eigenvalue weighted by Gasteiger charge is -2.30. The van der Waals surface area contributed by atoms with Crippen molar-refractivity contribution in [1.82, 2.24) is 0 Å². The lowest BCUT2D eigenvalue weighted by molar-refractivity contribution is -0.897. The number of likely N-dealkylation sites (tertiary alicyclic amines) is 1. The molecule has 6 nitrogen and oxygen atoms in total. The van der Waals surface area contributed by atoms with Crippen LogP contribution in [0.5, 0.6) is 11.5 Å². The molecule has 1 heterocycles. The van der Waals surface area contributed by atoms with Crippen LogP contribution in [0.1, 0.15) is 19.3 Å². The molecule has 1 saturated heterocycles. The standard InChI is InChI=1S/C23H30N2O4/c1-25(14-5-6-15-25)16-13-23(27)24-19-9-11-22(12-10-19)29-18-20(26)17-28-21-7-3-2-4-8-21/h2-4,7-12,20,26H,5-6,13-18H2,1H3/p+1. The number of rotatable bonds is 10. The highest BCUT2D eigenvalue weighted by Crippen LogP contribution is 2.20. The number of aliphatic imine (C=N–C) groups is 1. The molecule has 0 saturated carbocycles. The lowest BCUT2D eigenvalue weighted by atomic mass is 10.3. The summed E-state index contributed by atoms with van der Waals surface area (Å²) < 4.78 is 12.2. The molecule has 29 heavy (non-hydrogen) atoms. The molecule has 1 unspecified atom stereocenters. The monoisotopic (exact) mass is 399 g/mol. The zero-order valence-corrected chi connectivity index (χ0v) is 17.0. The third-order valence-corrected chi connectivity index (χ3v) is 5.25. The molecule has 0 aromatic heterocycles. The number of nitrogens with zero attached hydrogens (tertiary/aromatic N) is 2. The topological polar surface area (TPSA) is 76.8 Å². The summed E-state index contributed by atoms with van der Waals surface area (Å²) in [6.45, 7) is 3.68. The zero-order chi connectivity index (χ0) is 20.5. The number of ether oxygens (including phenoxy) is 2. The van der Waals surface area contributed by atoms with Crippen molar-refractivity contribution in [2.24, 2.45) is 4.99 Å². The van der Waals surface area contributed by atoms with Crippen molar-refractivity contribution in [2.75, 3.05) is 39.9 Å². The Morgan fingerprint density at radius 3 is 2.21 bits per heavy atom. The minimum atomic E-state index is -0.490. The molecular weight excluding hydrogens is 368 g/mol. The van der Waals surface area contributed by atoms with Gasteiger partial charge in [0.05, 0.1) is 32.4 Å². The molecule has 1 aliphatic heterocycles. The Labute approximate surface area is 172 Å². The van der Waals surface area contributed by atoms with Gasteiger partial charge >= 0.3 is 0 Å². The minimum absolute atomic E-state index is 0.0748. The third kappa shape index (κ3) is 7.07. The number of quaternary nitrogens is 1. The SMILES string of the molecule is C[N+]1(CCC([O-])=Nc2ccc(OCC([OH2+])COc3ccccc3)cc2)CCCC1. The van der Waals surface area contributed by atoms with Gasteiger partial charge in [0, 0.05) is 19.3 Å². The number of hydrogen-bond acceptors (Lipinski definition) is 4. The van der Waals surface area contributed by atoms with E-state index in [0.717, 1.165) is 29.9 Å². The molecule has 0 spiro atoms. The van der Waals surface area contributed by atoms with E-state index in [1.54, 1.807) is 24.3 Å². The van der Waals surface area contributed by atoms with Gasteiger partial charge in [-0.2, -0.15) is 0 Å². The minimum Gasteiger partial charge on any atom is -0.862 e. The van der Waals surface area contributed by atoms with E-state index in [1.807, 2.05) is 30.3 Å².